The average molecular weight is 408 g/mol. The number of aromatic nitrogens is 3. The summed E-state index contributed by atoms with van der Waals surface area (Å²) in [5.41, 5.74) is 4.16. The summed E-state index contributed by atoms with van der Waals surface area (Å²) in [6, 6.07) is 5.50. The molecule has 3 rings (SSSR count). The van der Waals surface area contributed by atoms with E-state index in [-0.39, 0.29) is 42.6 Å². The van der Waals surface area contributed by atoms with Gasteiger partial charge in [-0.05, 0) is 26.0 Å². The number of ether oxygens (including phenoxy) is 2. The molecule has 8 nitrogen and oxygen atoms in total. The van der Waals surface area contributed by atoms with Crippen LogP contribution in [0.5, 0.6) is 11.5 Å². The first-order valence-corrected chi connectivity index (χ1v) is 8.76. The molecule has 5 N–H and O–H groups in total. The molecule has 0 unspecified atom stereocenters. The number of nitrogens with zero attached hydrogens (tertiary/aromatic N) is 2. The number of imidazole rings is 1. The summed E-state index contributed by atoms with van der Waals surface area (Å²) in [5.74, 6) is 1.79. The molecule has 146 valence electrons. The minimum Gasteiger partial charge on any atom is -1.00 e. The van der Waals surface area contributed by atoms with Gasteiger partial charge in [0.15, 0.2) is 5.16 Å². The summed E-state index contributed by atoms with van der Waals surface area (Å²) in [5, 5.41) is 0.430. The molecule has 2 heterocycles. The third kappa shape index (κ3) is 5.17. The molecule has 0 radical (unpaired) electrons. The smallest absolute Gasteiger partial charge is 1.00 e. The second-order valence-corrected chi connectivity index (χ2v) is 6.83. The van der Waals surface area contributed by atoms with Crippen molar-refractivity contribution in [2.24, 2.45) is 0 Å². The molecule has 0 aliphatic carbocycles. The zero-order chi connectivity index (χ0) is 17.3. The molecule has 0 spiro atoms. The maximum atomic E-state index is 12.7. The van der Waals surface area contributed by atoms with Crippen molar-refractivity contribution >= 4 is 44.9 Å². The number of aromatic amines is 1. The fraction of sp³-hybridized carbons (Fsp3) is 0.294. The fourth-order valence-electron chi connectivity index (χ4n) is 2.61. The molecule has 1 aromatic carbocycles. The molecule has 3 aromatic rings. The van der Waals surface area contributed by atoms with Crippen LogP contribution in [0.4, 0.5) is 0 Å². The second kappa shape index (κ2) is 10.6. The van der Waals surface area contributed by atoms with E-state index in [1.165, 1.54) is 0 Å². The Hall–Kier alpha value is -1.72. The van der Waals surface area contributed by atoms with Crippen molar-refractivity contribution in [3.63, 3.8) is 0 Å². The predicted octanol–water partition coefficient (Wildman–Crippen LogP) is 1.09. The van der Waals surface area contributed by atoms with Crippen molar-refractivity contribution in [3.8, 4) is 11.5 Å². The number of H-pyrrole nitrogens is 1. The summed E-state index contributed by atoms with van der Waals surface area (Å²) in [6.45, 7) is 3.86. The normalized spacial score (nSPS) is 11.0. The van der Waals surface area contributed by atoms with Crippen LogP contribution in [0.25, 0.3) is 11.0 Å². The first-order chi connectivity index (χ1) is 11.5. The van der Waals surface area contributed by atoms with Crippen molar-refractivity contribution in [3.05, 3.63) is 41.2 Å². The maximum absolute atomic E-state index is 12.7. The number of hydrogen-bond acceptors (Lipinski definition) is 5. The third-order valence-corrected chi connectivity index (χ3v) is 5.06. The van der Waals surface area contributed by atoms with Crippen LogP contribution in [-0.4, -0.2) is 67.4 Å². The Bertz CT molecular complexity index is 943. The third-order valence-electron chi connectivity index (χ3n) is 3.90. The van der Waals surface area contributed by atoms with Crippen LogP contribution in [0.1, 0.15) is 19.7 Å². The van der Waals surface area contributed by atoms with Crippen molar-refractivity contribution in [1.29, 1.82) is 0 Å². The molecular formula is C17H25MgN3O5S. The molecule has 27 heavy (non-hydrogen) atoms. The number of benzene rings is 1. The van der Waals surface area contributed by atoms with Crippen LogP contribution in [0, 0.1) is 13.8 Å². The quantitative estimate of drug-likeness (QED) is 0.630. The van der Waals surface area contributed by atoms with Gasteiger partial charge in [0.05, 0.1) is 47.5 Å². The Kier molecular flexibility index (Phi) is 9.89. The average Bonchev–Trinajstić information content (AvgIpc) is 3.01. The number of methoxy groups -OCH3 is 2. The summed E-state index contributed by atoms with van der Waals surface area (Å²) in [4.78, 5) is 11.9. The van der Waals surface area contributed by atoms with E-state index in [0.29, 0.717) is 5.16 Å². The largest absolute Gasteiger partial charge is 2.00 e. The van der Waals surface area contributed by atoms with E-state index in [2.05, 4.69) is 15.0 Å². The number of rotatable bonds is 5. The van der Waals surface area contributed by atoms with Crippen molar-refractivity contribution in [1.82, 2.24) is 15.0 Å². The molecule has 0 saturated heterocycles. The number of nitrogens with one attached hydrogen (secondary N) is 1. The zero-order valence-electron chi connectivity index (χ0n) is 17.8. The van der Waals surface area contributed by atoms with Gasteiger partial charge in [-0.3, -0.25) is 9.19 Å². The standard InChI is InChI=1S/C17H19N3O3S.Mg.2H2O.2H/c1-10-8-18-15(11(2)16(10)23-4)9-24(21)17-19-13-6-5-12(22-3)7-14(13)20-17;;;;;/h5-8H,9H2,1-4H3,(H,19,20);;2*1H2;;/q;+2;;;2*-1/t24-;;;;;/m0...../s1. The predicted molar refractivity (Wildman–Crippen MR) is 108 cm³/mol. The van der Waals surface area contributed by atoms with E-state index >= 15 is 0 Å². The van der Waals surface area contributed by atoms with Gasteiger partial charge in [-0.2, -0.15) is 0 Å². The van der Waals surface area contributed by atoms with Crippen LogP contribution in [0.3, 0.4) is 0 Å². The molecular weight excluding hydrogens is 383 g/mol. The minimum absolute atomic E-state index is 0. The van der Waals surface area contributed by atoms with E-state index in [9.17, 15) is 4.21 Å². The van der Waals surface area contributed by atoms with Gasteiger partial charge in [-0.25, -0.2) is 4.98 Å². The molecule has 0 fully saturated rings. The van der Waals surface area contributed by atoms with Gasteiger partial charge in [-0.15, -0.1) is 0 Å². The van der Waals surface area contributed by atoms with Gasteiger partial charge in [0.2, 0.25) is 0 Å². The van der Waals surface area contributed by atoms with E-state index in [1.54, 1.807) is 20.4 Å². The number of aryl methyl sites for hydroxylation is 1. The van der Waals surface area contributed by atoms with E-state index in [1.807, 2.05) is 32.0 Å². The van der Waals surface area contributed by atoms with Gasteiger partial charge in [-0.1, -0.05) is 0 Å². The van der Waals surface area contributed by atoms with Crippen LogP contribution < -0.4 is 9.47 Å². The molecule has 10 heteroatoms. The van der Waals surface area contributed by atoms with E-state index in [4.69, 9.17) is 9.47 Å². The van der Waals surface area contributed by atoms with Gasteiger partial charge >= 0.3 is 23.1 Å². The Labute approximate surface area is 178 Å². The van der Waals surface area contributed by atoms with Crippen molar-refractivity contribution in [2.45, 2.75) is 24.8 Å². The van der Waals surface area contributed by atoms with Crippen molar-refractivity contribution in [2.75, 3.05) is 14.2 Å². The van der Waals surface area contributed by atoms with Gasteiger partial charge < -0.3 is 28.3 Å². The SMILES string of the molecule is COc1ccc2nc([S@@](=O)Cc3ncc(C)c(OC)c3C)[nH]c2c1.O.O.[H-].[H-].[Mg+2]. The number of hydrogen-bond donors (Lipinski definition) is 1. The molecule has 2 aromatic heterocycles. The first-order valence-electron chi connectivity index (χ1n) is 7.44. The summed E-state index contributed by atoms with van der Waals surface area (Å²) in [6.07, 6.45) is 1.74. The Morgan fingerprint density at radius 1 is 1.19 bits per heavy atom. The zero-order valence-corrected chi connectivity index (χ0v) is 18.0. The topological polar surface area (TPSA) is 140 Å². The van der Waals surface area contributed by atoms with Crippen LogP contribution in [-0.2, 0) is 16.6 Å². The molecule has 1 atom stereocenters. The van der Waals surface area contributed by atoms with E-state index < -0.39 is 10.8 Å². The van der Waals surface area contributed by atoms with Crippen LogP contribution >= 0.6 is 0 Å². The Morgan fingerprint density at radius 2 is 1.89 bits per heavy atom. The first kappa shape index (κ1) is 25.3. The van der Waals surface area contributed by atoms with E-state index in [0.717, 1.165) is 39.4 Å². The van der Waals surface area contributed by atoms with Crippen molar-refractivity contribution < 1.29 is 27.5 Å². The molecule has 0 aliphatic heterocycles. The summed E-state index contributed by atoms with van der Waals surface area (Å²) < 4.78 is 23.3. The number of fused-ring (bicyclic) bond motifs is 1. The minimum atomic E-state index is -1.33. The van der Waals surface area contributed by atoms with Gasteiger partial charge in [0.1, 0.15) is 11.5 Å². The van der Waals surface area contributed by atoms with Gasteiger partial charge in [0, 0.05) is 23.4 Å². The molecule has 0 aliphatic rings. The molecule has 0 bridgehead atoms. The monoisotopic (exact) mass is 407 g/mol. The fourth-order valence-corrected chi connectivity index (χ4v) is 3.71. The summed E-state index contributed by atoms with van der Waals surface area (Å²) >= 11 is 0. The maximum Gasteiger partial charge on any atom is 2.00 e. The van der Waals surface area contributed by atoms with Crippen LogP contribution in [0.15, 0.2) is 29.6 Å². The summed E-state index contributed by atoms with van der Waals surface area (Å²) in [7, 11) is 1.91. The van der Waals surface area contributed by atoms with Gasteiger partial charge in [0.25, 0.3) is 0 Å². The molecule has 0 amide bonds. The van der Waals surface area contributed by atoms with Crippen LogP contribution in [0.2, 0.25) is 0 Å². The second-order valence-electron chi connectivity index (χ2n) is 5.46. The Morgan fingerprint density at radius 3 is 2.52 bits per heavy atom. The number of pyridine rings is 1. The molecule has 0 saturated carbocycles. The Balaban J connectivity index is -0.00000135.